The highest BCUT2D eigenvalue weighted by Gasteiger charge is 2.14. The van der Waals surface area contributed by atoms with Crippen molar-refractivity contribution in [3.8, 4) is 11.5 Å². The molecular weight excluding hydrogens is 248 g/mol. The zero-order valence-corrected chi connectivity index (χ0v) is 11.4. The first kappa shape index (κ1) is 15.0. The SMILES string of the molecule is CCOC(=O)CC(=O)Cc1cc(OC)ccc1OC. The number of benzene rings is 1. The van der Waals surface area contributed by atoms with Crippen LogP contribution >= 0.6 is 0 Å². The Morgan fingerprint density at radius 1 is 1.16 bits per heavy atom. The fourth-order valence-corrected chi connectivity index (χ4v) is 1.67. The Morgan fingerprint density at radius 2 is 1.89 bits per heavy atom. The van der Waals surface area contributed by atoms with Crippen LogP contribution in [0.2, 0.25) is 0 Å². The van der Waals surface area contributed by atoms with E-state index in [1.807, 2.05) is 0 Å². The van der Waals surface area contributed by atoms with Crippen LogP contribution in [0.1, 0.15) is 18.9 Å². The highest BCUT2D eigenvalue weighted by molar-refractivity contribution is 5.96. The van der Waals surface area contributed by atoms with Crippen molar-refractivity contribution in [1.29, 1.82) is 0 Å². The van der Waals surface area contributed by atoms with Gasteiger partial charge in [0, 0.05) is 12.0 Å². The number of ketones is 1. The summed E-state index contributed by atoms with van der Waals surface area (Å²) in [4.78, 5) is 23.0. The van der Waals surface area contributed by atoms with E-state index in [-0.39, 0.29) is 25.2 Å². The van der Waals surface area contributed by atoms with E-state index in [2.05, 4.69) is 0 Å². The van der Waals surface area contributed by atoms with Crippen molar-refractivity contribution in [2.45, 2.75) is 19.8 Å². The maximum absolute atomic E-state index is 11.8. The minimum Gasteiger partial charge on any atom is -0.497 e. The van der Waals surface area contributed by atoms with Gasteiger partial charge >= 0.3 is 5.97 Å². The van der Waals surface area contributed by atoms with Crippen LogP contribution in [-0.2, 0) is 20.7 Å². The Balaban J connectivity index is 2.74. The van der Waals surface area contributed by atoms with Crippen molar-refractivity contribution < 1.29 is 23.8 Å². The molecule has 0 radical (unpaired) electrons. The van der Waals surface area contributed by atoms with Gasteiger partial charge in [-0.25, -0.2) is 0 Å². The van der Waals surface area contributed by atoms with Gasteiger partial charge in [0.2, 0.25) is 0 Å². The van der Waals surface area contributed by atoms with Gasteiger partial charge < -0.3 is 14.2 Å². The molecule has 104 valence electrons. The molecule has 0 heterocycles. The smallest absolute Gasteiger partial charge is 0.313 e. The van der Waals surface area contributed by atoms with Crippen molar-refractivity contribution in [3.05, 3.63) is 23.8 Å². The second-order valence-electron chi connectivity index (χ2n) is 3.88. The minimum absolute atomic E-state index is 0.110. The van der Waals surface area contributed by atoms with Gasteiger partial charge in [-0.05, 0) is 25.1 Å². The van der Waals surface area contributed by atoms with E-state index in [1.54, 1.807) is 32.2 Å². The van der Waals surface area contributed by atoms with Crippen LogP contribution in [0.25, 0.3) is 0 Å². The fraction of sp³-hybridized carbons (Fsp3) is 0.429. The molecule has 19 heavy (non-hydrogen) atoms. The molecule has 1 aromatic rings. The third kappa shape index (κ3) is 4.62. The maximum Gasteiger partial charge on any atom is 0.313 e. The number of ether oxygens (including phenoxy) is 3. The second-order valence-corrected chi connectivity index (χ2v) is 3.88. The van der Waals surface area contributed by atoms with Crippen LogP contribution in [0.3, 0.4) is 0 Å². The van der Waals surface area contributed by atoms with Gasteiger partial charge in [0.1, 0.15) is 23.7 Å². The summed E-state index contributed by atoms with van der Waals surface area (Å²) in [7, 11) is 3.08. The van der Waals surface area contributed by atoms with E-state index in [9.17, 15) is 9.59 Å². The zero-order valence-electron chi connectivity index (χ0n) is 11.4. The Morgan fingerprint density at radius 3 is 2.47 bits per heavy atom. The largest absolute Gasteiger partial charge is 0.497 e. The highest BCUT2D eigenvalue weighted by Crippen LogP contribution is 2.24. The molecule has 1 rings (SSSR count). The molecule has 5 heteroatoms. The number of Topliss-reactive ketones (excluding diaryl/α,β-unsaturated/α-hetero) is 1. The molecule has 0 aliphatic heterocycles. The molecule has 0 saturated heterocycles. The number of methoxy groups -OCH3 is 2. The van der Waals surface area contributed by atoms with Crippen molar-refractivity contribution >= 4 is 11.8 Å². The first-order chi connectivity index (χ1) is 9.10. The van der Waals surface area contributed by atoms with Crippen LogP contribution in [0.5, 0.6) is 11.5 Å². The summed E-state index contributed by atoms with van der Waals surface area (Å²) in [6.07, 6.45) is -0.118. The Hall–Kier alpha value is -2.04. The number of rotatable bonds is 7. The van der Waals surface area contributed by atoms with E-state index >= 15 is 0 Å². The molecule has 0 aliphatic carbocycles. The van der Waals surface area contributed by atoms with Gasteiger partial charge in [-0.3, -0.25) is 9.59 Å². The predicted molar refractivity (Wildman–Crippen MR) is 69.5 cm³/mol. The van der Waals surface area contributed by atoms with Gasteiger partial charge in [-0.2, -0.15) is 0 Å². The molecule has 5 nitrogen and oxygen atoms in total. The first-order valence-corrected chi connectivity index (χ1v) is 5.99. The van der Waals surface area contributed by atoms with Gasteiger partial charge in [0.05, 0.1) is 20.8 Å². The quantitative estimate of drug-likeness (QED) is 0.556. The molecule has 0 aliphatic rings. The third-order valence-corrected chi connectivity index (χ3v) is 2.52. The molecule has 0 atom stereocenters. The summed E-state index contributed by atoms with van der Waals surface area (Å²) in [5.74, 6) is 0.511. The number of esters is 1. The average Bonchev–Trinajstić information content (AvgIpc) is 2.38. The molecule has 0 bridgehead atoms. The van der Waals surface area contributed by atoms with E-state index < -0.39 is 5.97 Å². The van der Waals surface area contributed by atoms with Crippen molar-refractivity contribution in [2.24, 2.45) is 0 Å². The lowest BCUT2D eigenvalue weighted by atomic mass is 10.1. The van der Waals surface area contributed by atoms with E-state index in [4.69, 9.17) is 14.2 Å². The van der Waals surface area contributed by atoms with Gasteiger partial charge in [0.25, 0.3) is 0 Å². The lowest BCUT2D eigenvalue weighted by molar-refractivity contribution is -0.145. The molecular formula is C14H18O5. The molecule has 0 unspecified atom stereocenters. The number of carbonyl (C=O) groups is 2. The van der Waals surface area contributed by atoms with Crippen LogP contribution < -0.4 is 9.47 Å². The van der Waals surface area contributed by atoms with Gasteiger partial charge in [-0.15, -0.1) is 0 Å². The second kappa shape index (κ2) is 7.41. The topological polar surface area (TPSA) is 61.8 Å². The summed E-state index contributed by atoms with van der Waals surface area (Å²) >= 11 is 0. The molecule has 0 amide bonds. The van der Waals surface area contributed by atoms with Gasteiger partial charge in [-0.1, -0.05) is 0 Å². The van der Waals surface area contributed by atoms with Crippen LogP contribution in [0.4, 0.5) is 0 Å². The Kier molecular flexibility index (Phi) is 5.85. The maximum atomic E-state index is 11.8. The van der Waals surface area contributed by atoms with Crippen LogP contribution in [0.15, 0.2) is 18.2 Å². The summed E-state index contributed by atoms with van der Waals surface area (Å²) in [6, 6.07) is 5.20. The molecule has 0 N–H and O–H groups in total. The Bertz CT molecular complexity index is 453. The molecule has 0 fully saturated rings. The number of hydrogen-bond acceptors (Lipinski definition) is 5. The Labute approximate surface area is 112 Å². The monoisotopic (exact) mass is 266 g/mol. The zero-order chi connectivity index (χ0) is 14.3. The molecule has 0 saturated carbocycles. The van der Waals surface area contributed by atoms with Crippen LogP contribution in [-0.4, -0.2) is 32.6 Å². The van der Waals surface area contributed by atoms with E-state index in [0.29, 0.717) is 17.1 Å². The van der Waals surface area contributed by atoms with Crippen LogP contribution in [0, 0.1) is 0 Å². The van der Waals surface area contributed by atoms with E-state index in [0.717, 1.165) is 0 Å². The predicted octanol–water partition coefficient (Wildman–Crippen LogP) is 1.77. The van der Waals surface area contributed by atoms with Crippen molar-refractivity contribution in [1.82, 2.24) is 0 Å². The standard InChI is InChI=1S/C14H18O5/c1-4-19-14(16)9-11(15)7-10-8-12(17-2)5-6-13(10)18-3/h5-6,8H,4,7,9H2,1-3H3. The molecule has 0 spiro atoms. The first-order valence-electron chi connectivity index (χ1n) is 5.99. The number of carbonyl (C=O) groups excluding carboxylic acids is 2. The lowest BCUT2D eigenvalue weighted by Crippen LogP contribution is -2.13. The molecule has 0 aromatic heterocycles. The summed E-state index contributed by atoms with van der Waals surface area (Å²) in [5, 5.41) is 0. The minimum atomic E-state index is -0.505. The number of hydrogen-bond donors (Lipinski definition) is 0. The van der Waals surface area contributed by atoms with Crippen molar-refractivity contribution in [3.63, 3.8) is 0 Å². The van der Waals surface area contributed by atoms with Crippen molar-refractivity contribution in [2.75, 3.05) is 20.8 Å². The average molecular weight is 266 g/mol. The van der Waals surface area contributed by atoms with Gasteiger partial charge in [0.15, 0.2) is 0 Å². The lowest BCUT2D eigenvalue weighted by Gasteiger charge is -2.09. The summed E-state index contributed by atoms with van der Waals surface area (Å²) < 4.78 is 15.0. The third-order valence-electron chi connectivity index (χ3n) is 2.52. The molecule has 1 aromatic carbocycles. The fourth-order valence-electron chi connectivity index (χ4n) is 1.67. The summed E-state index contributed by atoms with van der Waals surface area (Å²) in [6.45, 7) is 1.97. The highest BCUT2D eigenvalue weighted by atomic mass is 16.5. The summed E-state index contributed by atoms with van der Waals surface area (Å²) in [5.41, 5.74) is 0.691. The van der Waals surface area contributed by atoms with E-state index in [1.165, 1.54) is 7.11 Å². The normalized spacial score (nSPS) is 9.84.